The molecule has 0 spiro atoms. The van der Waals surface area contributed by atoms with Crippen molar-refractivity contribution in [2.75, 3.05) is 0 Å². The zero-order valence-corrected chi connectivity index (χ0v) is 11.4. The van der Waals surface area contributed by atoms with E-state index < -0.39 is 0 Å². The van der Waals surface area contributed by atoms with Crippen molar-refractivity contribution in [1.29, 1.82) is 0 Å². The highest BCUT2D eigenvalue weighted by molar-refractivity contribution is 5.74. The van der Waals surface area contributed by atoms with E-state index in [0.717, 1.165) is 30.1 Å². The van der Waals surface area contributed by atoms with Crippen LogP contribution in [-0.4, -0.2) is 6.29 Å². The molecule has 0 unspecified atom stereocenters. The van der Waals surface area contributed by atoms with Crippen LogP contribution in [-0.2, 0) is 6.42 Å². The summed E-state index contributed by atoms with van der Waals surface area (Å²) >= 11 is 0. The lowest BCUT2D eigenvalue weighted by molar-refractivity contribution is 0.112. The van der Waals surface area contributed by atoms with Crippen molar-refractivity contribution in [1.82, 2.24) is 0 Å². The lowest BCUT2D eigenvalue weighted by atomic mass is 9.78. The Morgan fingerprint density at radius 3 is 2.56 bits per heavy atom. The van der Waals surface area contributed by atoms with E-state index in [1.54, 1.807) is 0 Å². The fraction of sp³-hybridized carbons (Fsp3) is 0.588. The van der Waals surface area contributed by atoms with Gasteiger partial charge < -0.3 is 0 Å². The van der Waals surface area contributed by atoms with Crippen molar-refractivity contribution < 1.29 is 4.79 Å². The summed E-state index contributed by atoms with van der Waals surface area (Å²) in [5.74, 6) is 1.90. The van der Waals surface area contributed by atoms with Gasteiger partial charge in [0.05, 0.1) is 0 Å². The average molecular weight is 244 g/mol. The van der Waals surface area contributed by atoms with Gasteiger partial charge in [-0.1, -0.05) is 57.2 Å². The molecular weight excluding hydrogens is 220 g/mol. The van der Waals surface area contributed by atoms with Gasteiger partial charge >= 0.3 is 0 Å². The van der Waals surface area contributed by atoms with Crippen LogP contribution in [0, 0.1) is 11.8 Å². The van der Waals surface area contributed by atoms with Crippen LogP contribution in [0.25, 0.3) is 0 Å². The van der Waals surface area contributed by atoms with Gasteiger partial charge in [0.1, 0.15) is 6.29 Å². The largest absolute Gasteiger partial charge is 0.298 e. The highest BCUT2D eigenvalue weighted by Crippen LogP contribution is 2.33. The van der Waals surface area contributed by atoms with Crippen LogP contribution in [0.3, 0.4) is 0 Å². The van der Waals surface area contributed by atoms with Gasteiger partial charge in [0.25, 0.3) is 0 Å². The molecule has 1 nitrogen and oxygen atoms in total. The minimum absolute atomic E-state index is 0.808. The van der Waals surface area contributed by atoms with Gasteiger partial charge in [-0.3, -0.25) is 4.79 Å². The predicted octanol–water partition coefficient (Wildman–Crippen LogP) is 4.65. The van der Waals surface area contributed by atoms with Gasteiger partial charge in [-0.25, -0.2) is 0 Å². The van der Waals surface area contributed by atoms with E-state index in [9.17, 15) is 4.79 Å². The molecule has 0 amide bonds. The molecule has 1 aliphatic rings. The third-order valence-corrected chi connectivity index (χ3v) is 4.47. The van der Waals surface area contributed by atoms with Crippen molar-refractivity contribution in [2.24, 2.45) is 11.8 Å². The third kappa shape index (κ3) is 3.69. The maximum Gasteiger partial charge on any atom is 0.150 e. The summed E-state index contributed by atoms with van der Waals surface area (Å²) in [6, 6.07) is 8.05. The quantitative estimate of drug-likeness (QED) is 0.689. The lowest BCUT2D eigenvalue weighted by Crippen LogP contribution is -2.14. The van der Waals surface area contributed by atoms with E-state index in [2.05, 4.69) is 13.0 Å². The number of carbonyl (C=O) groups is 1. The Balaban J connectivity index is 1.79. The number of carbonyl (C=O) groups excluding carboxylic acids is 1. The molecule has 0 atom stereocenters. The van der Waals surface area contributed by atoms with Crippen LogP contribution in [0.2, 0.25) is 0 Å². The highest BCUT2D eigenvalue weighted by atomic mass is 16.1. The summed E-state index contributed by atoms with van der Waals surface area (Å²) in [6.45, 7) is 2.32. The molecule has 0 N–H and O–H groups in total. The Bertz CT molecular complexity index is 375. The smallest absolute Gasteiger partial charge is 0.150 e. The fourth-order valence-corrected chi connectivity index (χ4v) is 3.12. The molecular formula is C17H24O. The Hall–Kier alpha value is -1.11. The van der Waals surface area contributed by atoms with Crippen LogP contribution < -0.4 is 0 Å². The minimum atomic E-state index is 0.808. The van der Waals surface area contributed by atoms with E-state index >= 15 is 0 Å². The summed E-state index contributed by atoms with van der Waals surface area (Å²) in [5, 5.41) is 0. The molecule has 0 radical (unpaired) electrons. The maximum absolute atomic E-state index is 10.7. The summed E-state index contributed by atoms with van der Waals surface area (Å²) < 4.78 is 0. The summed E-state index contributed by atoms with van der Waals surface area (Å²) in [4.78, 5) is 10.7. The zero-order valence-electron chi connectivity index (χ0n) is 11.4. The van der Waals surface area contributed by atoms with Gasteiger partial charge in [0, 0.05) is 5.56 Å². The molecule has 1 fully saturated rings. The number of hydrogen-bond donors (Lipinski definition) is 0. The zero-order chi connectivity index (χ0) is 12.8. The topological polar surface area (TPSA) is 17.1 Å². The normalized spacial score (nSPS) is 23.8. The third-order valence-electron chi connectivity index (χ3n) is 4.47. The van der Waals surface area contributed by atoms with E-state index in [1.165, 1.54) is 44.1 Å². The number of aldehydes is 1. The Kier molecular flexibility index (Phi) is 4.98. The monoisotopic (exact) mass is 244 g/mol. The highest BCUT2D eigenvalue weighted by Gasteiger charge is 2.19. The molecule has 98 valence electrons. The van der Waals surface area contributed by atoms with Gasteiger partial charge in [0.2, 0.25) is 0 Å². The molecule has 1 aromatic carbocycles. The summed E-state index contributed by atoms with van der Waals surface area (Å²) in [6.07, 6.45) is 10.4. The lowest BCUT2D eigenvalue weighted by Gasteiger charge is -2.27. The number of benzene rings is 1. The molecule has 2 rings (SSSR count). The van der Waals surface area contributed by atoms with E-state index in [0.29, 0.717) is 0 Å². The second-order valence-electron chi connectivity index (χ2n) is 5.70. The SMILES string of the molecule is CCC1CCC(CCc2cccc(C=O)c2)CC1. The van der Waals surface area contributed by atoms with Crippen LogP contribution in [0.1, 0.15) is 61.4 Å². The first kappa shape index (κ1) is 13.3. The van der Waals surface area contributed by atoms with Crippen LogP contribution in [0.15, 0.2) is 24.3 Å². The van der Waals surface area contributed by atoms with E-state index in [4.69, 9.17) is 0 Å². The van der Waals surface area contributed by atoms with Gasteiger partial charge in [-0.2, -0.15) is 0 Å². The van der Waals surface area contributed by atoms with E-state index in [1.807, 2.05) is 18.2 Å². The van der Waals surface area contributed by atoms with E-state index in [-0.39, 0.29) is 0 Å². The van der Waals surface area contributed by atoms with Crippen molar-refractivity contribution in [2.45, 2.75) is 51.9 Å². The van der Waals surface area contributed by atoms with Crippen LogP contribution >= 0.6 is 0 Å². The molecule has 1 aliphatic carbocycles. The molecule has 1 aromatic rings. The molecule has 0 aliphatic heterocycles. The molecule has 1 heteroatoms. The number of hydrogen-bond acceptors (Lipinski definition) is 1. The first-order valence-electron chi connectivity index (χ1n) is 7.36. The minimum Gasteiger partial charge on any atom is -0.298 e. The molecule has 0 bridgehead atoms. The van der Waals surface area contributed by atoms with Gasteiger partial charge in [-0.05, 0) is 36.3 Å². The average Bonchev–Trinajstić information content (AvgIpc) is 2.46. The molecule has 0 aromatic heterocycles. The first-order chi connectivity index (χ1) is 8.81. The predicted molar refractivity (Wildman–Crippen MR) is 75.9 cm³/mol. The first-order valence-corrected chi connectivity index (χ1v) is 7.36. The number of aryl methyl sites for hydroxylation is 1. The Labute approximate surface area is 111 Å². The summed E-state index contributed by atoms with van der Waals surface area (Å²) in [7, 11) is 0. The molecule has 0 heterocycles. The second kappa shape index (κ2) is 6.72. The molecule has 1 saturated carbocycles. The van der Waals surface area contributed by atoms with Crippen molar-refractivity contribution >= 4 is 6.29 Å². The van der Waals surface area contributed by atoms with Gasteiger partial charge in [-0.15, -0.1) is 0 Å². The Morgan fingerprint density at radius 2 is 1.89 bits per heavy atom. The second-order valence-corrected chi connectivity index (χ2v) is 5.70. The van der Waals surface area contributed by atoms with Crippen LogP contribution in [0.5, 0.6) is 0 Å². The number of rotatable bonds is 5. The van der Waals surface area contributed by atoms with Crippen molar-refractivity contribution in [3.63, 3.8) is 0 Å². The maximum atomic E-state index is 10.7. The van der Waals surface area contributed by atoms with Crippen molar-refractivity contribution in [3.05, 3.63) is 35.4 Å². The fourth-order valence-electron chi connectivity index (χ4n) is 3.12. The summed E-state index contributed by atoms with van der Waals surface area (Å²) in [5.41, 5.74) is 2.12. The van der Waals surface area contributed by atoms with Gasteiger partial charge in [0.15, 0.2) is 0 Å². The van der Waals surface area contributed by atoms with Crippen molar-refractivity contribution in [3.8, 4) is 0 Å². The molecule has 0 saturated heterocycles. The van der Waals surface area contributed by atoms with Crippen LogP contribution in [0.4, 0.5) is 0 Å². The standard InChI is InChI=1S/C17H24O/c1-2-14-6-8-15(9-7-14)10-11-16-4-3-5-17(12-16)13-18/h3-5,12-15H,2,6-11H2,1H3. The Morgan fingerprint density at radius 1 is 1.17 bits per heavy atom. The molecule has 18 heavy (non-hydrogen) atoms.